The van der Waals surface area contributed by atoms with E-state index in [-0.39, 0.29) is 5.91 Å². The number of benzene rings is 1. The van der Waals surface area contributed by atoms with Gasteiger partial charge in [-0.3, -0.25) is 4.79 Å². The molecule has 0 radical (unpaired) electrons. The maximum atomic E-state index is 12.2. The van der Waals surface area contributed by atoms with Crippen LogP contribution in [0.25, 0.3) is 0 Å². The average Bonchev–Trinajstić information content (AvgIpc) is 2.28. The zero-order valence-corrected chi connectivity index (χ0v) is 12.7. The first-order valence-corrected chi connectivity index (χ1v) is 6.87. The van der Waals surface area contributed by atoms with Crippen LogP contribution >= 0.6 is 27.5 Å². The Morgan fingerprint density at radius 3 is 2.59 bits per heavy atom. The van der Waals surface area contributed by atoms with Crippen molar-refractivity contribution in [3.63, 3.8) is 0 Å². The molecular weight excluding hydrogens is 302 g/mol. The molecule has 2 nitrogen and oxygen atoms in total. The van der Waals surface area contributed by atoms with E-state index >= 15 is 0 Å². The van der Waals surface area contributed by atoms with Gasteiger partial charge in [0.2, 0.25) is 0 Å². The molecule has 0 N–H and O–H groups in total. The first kappa shape index (κ1) is 14.5. The van der Waals surface area contributed by atoms with Gasteiger partial charge in [-0.1, -0.05) is 25.4 Å². The molecule has 0 saturated carbocycles. The van der Waals surface area contributed by atoms with E-state index in [1.807, 2.05) is 11.8 Å². The Labute approximate surface area is 116 Å². The van der Waals surface area contributed by atoms with Gasteiger partial charge in [-0.05, 0) is 47.0 Å². The van der Waals surface area contributed by atoms with Gasteiger partial charge in [0.25, 0.3) is 5.91 Å². The van der Waals surface area contributed by atoms with Crippen LogP contribution in [-0.2, 0) is 0 Å². The summed E-state index contributed by atoms with van der Waals surface area (Å²) in [6.07, 6.45) is 0. The smallest absolute Gasteiger partial charge is 0.253 e. The lowest BCUT2D eigenvalue weighted by molar-refractivity contribution is 0.0746. The van der Waals surface area contributed by atoms with E-state index in [2.05, 4.69) is 29.8 Å². The van der Waals surface area contributed by atoms with E-state index in [9.17, 15) is 4.79 Å². The van der Waals surface area contributed by atoms with Crippen LogP contribution in [0.15, 0.2) is 22.7 Å². The second-order valence-electron chi connectivity index (χ2n) is 4.37. The van der Waals surface area contributed by atoms with Crippen LogP contribution in [0, 0.1) is 5.92 Å². The van der Waals surface area contributed by atoms with Crippen LogP contribution in [0.1, 0.15) is 31.1 Å². The Bertz CT molecular complexity index is 406. The summed E-state index contributed by atoms with van der Waals surface area (Å²) in [5.74, 6) is 0.500. The van der Waals surface area contributed by atoms with Gasteiger partial charge in [-0.2, -0.15) is 0 Å². The molecule has 0 aliphatic heterocycles. The van der Waals surface area contributed by atoms with Crippen LogP contribution in [0.4, 0.5) is 0 Å². The SMILES string of the molecule is CCN(CC(C)C)C(=O)c1ccc(Br)c(Cl)c1. The third kappa shape index (κ3) is 4.00. The summed E-state index contributed by atoms with van der Waals surface area (Å²) >= 11 is 9.31. The van der Waals surface area contributed by atoms with Crippen molar-refractivity contribution >= 4 is 33.4 Å². The Hall–Kier alpha value is -0.540. The molecule has 0 heterocycles. The standard InChI is InChI=1S/C13H17BrClNO/c1-4-16(8-9(2)3)13(17)10-5-6-11(14)12(15)7-10/h5-7,9H,4,8H2,1-3H3. The minimum absolute atomic E-state index is 0.0376. The molecule has 0 saturated heterocycles. The van der Waals surface area contributed by atoms with E-state index in [0.717, 1.165) is 11.0 Å². The lowest BCUT2D eigenvalue weighted by Gasteiger charge is -2.23. The summed E-state index contributed by atoms with van der Waals surface area (Å²) in [6.45, 7) is 7.67. The fourth-order valence-electron chi connectivity index (χ4n) is 1.61. The minimum Gasteiger partial charge on any atom is -0.339 e. The molecule has 1 aromatic rings. The highest BCUT2D eigenvalue weighted by molar-refractivity contribution is 9.10. The highest BCUT2D eigenvalue weighted by Gasteiger charge is 2.15. The first-order valence-electron chi connectivity index (χ1n) is 5.70. The van der Waals surface area contributed by atoms with Gasteiger partial charge >= 0.3 is 0 Å². The quantitative estimate of drug-likeness (QED) is 0.814. The Morgan fingerprint density at radius 1 is 1.47 bits per heavy atom. The molecule has 1 rings (SSSR count). The second-order valence-corrected chi connectivity index (χ2v) is 5.63. The van der Waals surface area contributed by atoms with Gasteiger partial charge in [-0.25, -0.2) is 0 Å². The van der Waals surface area contributed by atoms with Crippen molar-refractivity contribution in [2.45, 2.75) is 20.8 Å². The van der Waals surface area contributed by atoms with E-state index < -0.39 is 0 Å². The number of nitrogens with zero attached hydrogens (tertiary/aromatic N) is 1. The molecule has 17 heavy (non-hydrogen) atoms. The van der Waals surface area contributed by atoms with Crippen molar-refractivity contribution in [3.05, 3.63) is 33.3 Å². The fraction of sp³-hybridized carbons (Fsp3) is 0.462. The lowest BCUT2D eigenvalue weighted by Crippen LogP contribution is -2.33. The molecule has 1 aromatic carbocycles. The number of hydrogen-bond acceptors (Lipinski definition) is 1. The van der Waals surface area contributed by atoms with Crippen LogP contribution in [-0.4, -0.2) is 23.9 Å². The number of hydrogen-bond donors (Lipinski definition) is 0. The molecule has 0 aliphatic rings. The molecule has 1 amide bonds. The second kappa shape index (κ2) is 6.41. The number of halogens is 2. The maximum absolute atomic E-state index is 12.2. The predicted molar refractivity (Wildman–Crippen MR) is 75.6 cm³/mol. The summed E-state index contributed by atoms with van der Waals surface area (Å²) < 4.78 is 0.808. The first-order chi connectivity index (χ1) is 7.95. The molecular formula is C13H17BrClNO. The van der Waals surface area contributed by atoms with Gasteiger partial charge in [0.05, 0.1) is 5.02 Å². The molecule has 0 fully saturated rings. The summed E-state index contributed by atoms with van der Waals surface area (Å²) in [6, 6.07) is 5.30. The topological polar surface area (TPSA) is 20.3 Å². The molecule has 0 aromatic heterocycles. The molecule has 94 valence electrons. The maximum Gasteiger partial charge on any atom is 0.253 e. The van der Waals surface area contributed by atoms with Gasteiger partial charge in [0.15, 0.2) is 0 Å². The summed E-state index contributed by atoms with van der Waals surface area (Å²) in [5.41, 5.74) is 0.640. The Kier molecular flexibility index (Phi) is 5.47. The monoisotopic (exact) mass is 317 g/mol. The molecule has 0 spiro atoms. The van der Waals surface area contributed by atoms with Gasteiger partial charge < -0.3 is 4.90 Å². The average molecular weight is 319 g/mol. The molecule has 4 heteroatoms. The number of amides is 1. The third-order valence-electron chi connectivity index (χ3n) is 2.42. The number of carbonyl (C=O) groups excluding carboxylic acids is 1. The van der Waals surface area contributed by atoms with E-state index in [4.69, 9.17) is 11.6 Å². The molecule has 0 bridgehead atoms. The van der Waals surface area contributed by atoms with Gasteiger partial charge in [-0.15, -0.1) is 0 Å². The van der Waals surface area contributed by atoms with E-state index in [1.165, 1.54) is 0 Å². The lowest BCUT2D eigenvalue weighted by atomic mass is 10.1. The zero-order valence-electron chi connectivity index (χ0n) is 10.3. The summed E-state index contributed by atoms with van der Waals surface area (Å²) in [7, 11) is 0. The fourth-order valence-corrected chi connectivity index (χ4v) is 2.04. The third-order valence-corrected chi connectivity index (χ3v) is 3.65. The minimum atomic E-state index is 0.0376. The van der Waals surface area contributed by atoms with Gasteiger partial charge in [0.1, 0.15) is 0 Å². The zero-order chi connectivity index (χ0) is 13.0. The normalized spacial score (nSPS) is 10.7. The van der Waals surface area contributed by atoms with Gasteiger partial charge in [0, 0.05) is 23.1 Å². The van der Waals surface area contributed by atoms with Crippen molar-refractivity contribution in [1.82, 2.24) is 4.90 Å². The molecule has 0 aliphatic carbocycles. The summed E-state index contributed by atoms with van der Waals surface area (Å²) in [4.78, 5) is 14.1. The Morgan fingerprint density at radius 2 is 2.12 bits per heavy atom. The van der Waals surface area contributed by atoms with Crippen molar-refractivity contribution in [1.29, 1.82) is 0 Å². The predicted octanol–water partition coefficient (Wildman–Crippen LogP) is 4.22. The van der Waals surface area contributed by atoms with E-state index in [0.29, 0.717) is 23.0 Å². The van der Waals surface area contributed by atoms with E-state index in [1.54, 1.807) is 18.2 Å². The van der Waals surface area contributed by atoms with Crippen molar-refractivity contribution in [2.75, 3.05) is 13.1 Å². The van der Waals surface area contributed by atoms with Crippen LogP contribution < -0.4 is 0 Å². The number of rotatable bonds is 4. The molecule has 0 atom stereocenters. The van der Waals surface area contributed by atoms with Crippen molar-refractivity contribution in [2.24, 2.45) is 5.92 Å². The van der Waals surface area contributed by atoms with Crippen molar-refractivity contribution in [3.8, 4) is 0 Å². The van der Waals surface area contributed by atoms with Crippen LogP contribution in [0.5, 0.6) is 0 Å². The Balaban J connectivity index is 2.90. The van der Waals surface area contributed by atoms with Crippen molar-refractivity contribution < 1.29 is 4.79 Å². The van der Waals surface area contributed by atoms with Crippen LogP contribution in [0.3, 0.4) is 0 Å². The van der Waals surface area contributed by atoms with Crippen LogP contribution in [0.2, 0.25) is 5.02 Å². The largest absolute Gasteiger partial charge is 0.339 e. The molecule has 0 unspecified atom stereocenters. The highest BCUT2D eigenvalue weighted by Crippen LogP contribution is 2.23. The summed E-state index contributed by atoms with van der Waals surface area (Å²) in [5, 5.41) is 0.566. The highest BCUT2D eigenvalue weighted by atomic mass is 79.9. The number of carbonyl (C=O) groups is 1.